The molecule has 0 saturated heterocycles. The van der Waals surface area contributed by atoms with Crippen LogP contribution in [0.4, 0.5) is 0 Å². The van der Waals surface area contributed by atoms with Crippen molar-refractivity contribution >= 4 is 47.8 Å². The fourth-order valence-electron chi connectivity index (χ4n) is 0.541. The molecule has 2 unspecified atom stereocenters. The monoisotopic (exact) mass is 320 g/mol. The van der Waals surface area contributed by atoms with Crippen LogP contribution in [0.1, 0.15) is 19.8 Å². The van der Waals surface area contributed by atoms with E-state index in [0.29, 0.717) is 9.65 Å². The van der Waals surface area contributed by atoms with Gasteiger partial charge in [-0.25, -0.2) is 0 Å². The van der Waals surface area contributed by atoms with Gasteiger partial charge in [-0.2, -0.15) is 0 Å². The van der Waals surface area contributed by atoms with Gasteiger partial charge in [0.2, 0.25) is 0 Å². The van der Waals surface area contributed by atoms with Crippen molar-refractivity contribution in [3.63, 3.8) is 0 Å². The normalized spacial score (nSPS) is 17.3. The molecule has 0 bridgehead atoms. The third-order valence-electron chi connectivity index (χ3n) is 1.17. The van der Waals surface area contributed by atoms with Gasteiger partial charge in [-0.3, -0.25) is 0 Å². The Balaban J connectivity index is 3.32. The Morgan fingerprint density at radius 3 is 2.11 bits per heavy atom. The van der Waals surface area contributed by atoms with Crippen molar-refractivity contribution in [2.75, 3.05) is 5.33 Å². The Labute approximate surface area is 82.2 Å². The molecular weight excluding hydrogens is 312 g/mol. The van der Waals surface area contributed by atoms with Crippen LogP contribution in [0.5, 0.6) is 0 Å². The van der Waals surface area contributed by atoms with Crippen LogP contribution in [0.2, 0.25) is 0 Å². The molecule has 0 N–H and O–H groups in total. The second-order valence-corrected chi connectivity index (χ2v) is 5.06. The van der Waals surface area contributed by atoms with E-state index in [1.54, 1.807) is 0 Å². The van der Waals surface area contributed by atoms with E-state index in [9.17, 15) is 0 Å². The van der Waals surface area contributed by atoms with Crippen molar-refractivity contribution < 1.29 is 0 Å². The summed E-state index contributed by atoms with van der Waals surface area (Å²) in [4.78, 5) is 1.23. The summed E-state index contributed by atoms with van der Waals surface area (Å²) in [6, 6.07) is 0. The first kappa shape index (κ1) is 10.4. The maximum Gasteiger partial charge on any atom is 0.0278 e. The number of hydrogen-bond acceptors (Lipinski definition) is 0. The minimum atomic E-state index is 0.613. The number of alkyl halides is 3. The lowest BCUT2D eigenvalue weighted by Crippen LogP contribution is -2.12. The third-order valence-corrected chi connectivity index (χ3v) is 4.72. The molecule has 0 nitrogen and oxygen atoms in total. The summed E-state index contributed by atoms with van der Waals surface area (Å²) in [6.45, 7) is 2.18. The zero-order chi connectivity index (χ0) is 7.28. The Morgan fingerprint density at radius 1 is 1.22 bits per heavy atom. The van der Waals surface area contributed by atoms with Crippen molar-refractivity contribution in [3.8, 4) is 0 Å². The van der Waals surface area contributed by atoms with Crippen molar-refractivity contribution in [1.29, 1.82) is 0 Å². The fourth-order valence-corrected chi connectivity index (χ4v) is 2.52. The average molecular weight is 323 g/mol. The van der Waals surface area contributed by atoms with Gasteiger partial charge in [-0.05, 0) is 12.8 Å². The van der Waals surface area contributed by atoms with Crippen molar-refractivity contribution in [2.45, 2.75) is 29.4 Å². The highest BCUT2D eigenvalue weighted by atomic mass is 79.9. The van der Waals surface area contributed by atoms with E-state index in [-0.39, 0.29) is 0 Å². The summed E-state index contributed by atoms with van der Waals surface area (Å²) < 4.78 is 0. The van der Waals surface area contributed by atoms with Crippen LogP contribution in [0, 0.1) is 0 Å². The first-order valence-corrected chi connectivity index (χ1v) is 6.01. The predicted molar refractivity (Wildman–Crippen MR) is 54.1 cm³/mol. The molecule has 0 aromatic rings. The molecule has 0 aliphatic rings. The van der Waals surface area contributed by atoms with E-state index in [4.69, 9.17) is 0 Å². The topological polar surface area (TPSA) is 0 Å². The van der Waals surface area contributed by atoms with E-state index in [0.717, 1.165) is 5.33 Å². The van der Waals surface area contributed by atoms with Crippen LogP contribution in [0.3, 0.4) is 0 Å². The van der Waals surface area contributed by atoms with Crippen LogP contribution in [0.15, 0.2) is 0 Å². The maximum absolute atomic E-state index is 3.59. The van der Waals surface area contributed by atoms with Gasteiger partial charge in [-0.1, -0.05) is 54.7 Å². The molecule has 9 heavy (non-hydrogen) atoms. The summed E-state index contributed by atoms with van der Waals surface area (Å²) in [5, 5.41) is 1.07. The molecular formula is C6H11Br3. The van der Waals surface area contributed by atoms with Crippen molar-refractivity contribution in [2.24, 2.45) is 0 Å². The zero-order valence-corrected chi connectivity index (χ0v) is 10.2. The molecule has 2 atom stereocenters. The molecule has 0 aromatic carbocycles. The quantitative estimate of drug-likeness (QED) is 0.692. The van der Waals surface area contributed by atoms with Crippen LogP contribution in [-0.2, 0) is 0 Å². The smallest absolute Gasteiger partial charge is 0.0278 e. The van der Waals surface area contributed by atoms with Crippen molar-refractivity contribution in [3.05, 3.63) is 0 Å². The molecule has 0 aromatic heterocycles. The van der Waals surface area contributed by atoms with Gasteiger partial charge in [0.1, 0.15) is 0 Å². The highest BCUT2D eigenvalue weighted by Gasteiger charge is 2.11. The number of halogens is 3. The zero-order valence-electron chi connectivity index (χ0n) is 5.41. The van der Waals surface area contributed by atoms with E-state index >= 15 is 0 Å². The van der Waals surface area contributed by atoms with E-state index in [1.807, 2.05) is 0 Å². The molecule has 0 aliphatic carbocycles. The SMILES string of the molecule is CCC(Br)C(Br)CCBr. The van der Waals surface area contributed by atoms with Crippen LogP contribution in [-0.4, -0.2) is 15.0 Å². The lowest BCUT2D eigenvalue weighted by Gasteiger charge is -2.12. The van der Waals surface area contributed by atoms with Crippen LogP contribution >= 0.6 is 47.8 Å². The van der Waals surface area contributed by atoms with E-state index in [1.165, 1.54) is 12.8 Å². The average Bonchev–Trinajstić information content (AvgIpc) is 1.87. The van der Waals surface area contributed by atoms with Gasteiger partial charge in [0, 0.05) is 15.0 Å². The fraction of sp³-hybridized carbons (Fsp3) is 1.00. The molecule has 0 spiro atoms. The second kappa shape index (κ2) is 6.17. The Hall–Kier alpha value is 1.44. The third kappa shape index (κ3) is 4.79. The highest BCUT2D eigenvalue weighted by molar-refractivity contribution is 9.12. The predicted octanol–water partition coefficient (Wildman–Crippen LogP) is 3.71. The van der Waals surface area contributed by atoms with Crippen molar-refractivity contribution in [1.82, 2.24) is 0 Å². The summed E-state index contributed by atoms with van der Waals surface area (Å²) in [5.74, 6) is 0. The Morgan fingerprint density at radius 2 is 1.78 bits per heavy atom. The van der Waals surface area contributed by atoms with Gasteiger partial charge in [0.25, 0.3) is 0 Å². The molecule has 3 heteroatoms. The standard InChI is InChI=1S/C6H11Br3/c1-2-5(8)6(9)3-4-7/h5-6H,2-4H2,1H3. The van der Waals surface area contributed by atoms with Gasteiger partial charge < -0.3 is 0 Å². The largest absolute Gasteiger partial charge is 0.0928 e. The first-order chi connectivity index (χ1) is 4.22. The van der Waals surface area contributed by atoms with Gasteiger partial charge in [0.15, 0.2) is 0 Å². The summed E-state index contributed by atoms with van der Waals surface area (Å²) in [7, 11) is 0. The van der Waals surface area contributed by atoms with Crippen LogP contribution in [0.25, 0.3) is 0 Å². The maximum atomic E-state index is 3.59. The molecule has 0 radical (unpaired) electrons. The molecule has 0 amide bonds. The van der Waals surface area contributed by atoms with Gasteiger partial charge in [-0.15, -0.1) is 0 Å². The number of hydrogen-bond donors (Lipinski definition) is 0. The molecule has 0 heterocycles. The minimum absolute atomic E-state index is 0.613. The summed E-state index contributed by atoms with van der Waals surface area (Å²) in [6.07, 6.45) is 2.37. The van der Waals surface area contributed by atoms with Gasteiger partial charge >= 0.3 is 0 Å². The minimum Gasteiger partial charge on any atom is -0.0928 e. The second-order valence-electron chi connectivity index (χ2n) is 1.92. The van der Waals surface area contributed by atoms with Crippen LogP contribution < -0.4 is 0 Å². The number of rotatable bonds is 4. The molecule has 56 valence electrons. The molecule has 0 saturated carbocycles. The lowest BCUT2D eigenvalue weighted by molar-refractivity contribution is 0.765. The van der Waals surface area contributed by atoms with E-state index in [2.05, 4.69) is 54.7 Å². The molecule has 0 aliphatic heterocycles. The van der Waals surface area contributed by atoms with Gasteiger partial charge in [0.05, 0.1) is 0 Å². The Bertz CT molecular complexity index is 65.3. The molecule has 0 fully saturated rings. The molecule has 0 rings (SSSR count). The first-order valence-electron chi connectivity index (χ1n) is 3.06. The van der Waals surface area contributed by atoms with E-state index < -0.39 is 0 Å². The Kier molecular flexibility index (Phi) is 7.16. The summed E-state index contributed by atoms with van der Waals surface area (Å²) >= 11 is 10.6. The summed E-state index contributed by atoms with van der Waals surface area (Å²) in [5.41, 5.74) is 0. The highest BCUT2D eigenvalue weighted by Crippen LogP contribution is 2.20. The lowest BCUT2D eigenvalue weighted by atomic mass is 10.2.